The second-order valence-electron chi connectivity index (χ2n) is 5.96. The highest BCUT2D eigenvalue weighted by Gasteiger charge is 2.23. The number of carbonyl (C=O) groups is 1. The molecule has 1 saturated carbocycles. The van der Waals surface area contributed by atoms with Gasteiger partial charge in [0.25, 0.3) is 5.91 Å². The number of nitrogens with one attached hydrogen (secondary N) is 1. The van der Waals surface area contributed by atoms with Crippen LogP contribution in [0.2, 0.25) is 0 Å². The van der Waals surface area contributed by atoms with Gasteiger partial charge in [0.2, 0.25) is 0 Å². The number of carbonyl (C=O) groups excluding carboxylic acids is 1. The minimum atomic E-state index is -0.0672. The van der Waals surface area contributed by atoms with Gasteiger partial charge in [-0.2, -0.15) is 5.10 Å². The summed E-state index contributed by atoms with van der Waals surface area (Å²) in [6.45, 7) is 0.741. The maximum atomic E-state index is 12.6. The van der Waals surface area contributed by atoms with Crippen molar-refractivity contribution >= 4 is 16.9 Å². The molecule has 4 rings (SSSR count). The number of pyridine rings is 2. The van der Waals surface area contributed by atoms with Gasteiger partial charge in [-0.15, -0.1) is 0 Å². The molecular weight excluding hydrogens is 290 g/mol. The molecule has 0 bridgehead atoms. The highest BCUT2D eigenvalue weighted by Crippen LogP contribution is 2.28. The topological polar surface area (TPSA) is 72.7 Å². The molecule has 3 aromatic heterocycles. The van der Waals surface area contributed by atoms with Crippen LogP contribution >= 0.6 is 0 Å². The van der Waals surface area contributed by atoms with Crippen LogP contribution in [0.1, 0.15) is 23.2 Å². The lowest BCUT2D eigenvalue weighted by molar-refractivity contribution is 0.0953. The van der Waals surface area contributed by atoms with E-state index in [1.165, 1.54) is 12.8 Å². The van der Waals surface area contributed by atoms with E-state index in [1.807, 2.05) is 25.2 Å². The van der Waals surface area contributed by atoms with Crippen LogP contribution in [0.15, 0.2) is 36.8 Å². The summed E-state index contributed by atoms with van der Waals surface area (Å²) in [7, 11) is 1.83. The first-order valence-corrected chi connectivity index (χ1v) is 7.74. The standard InChI is InChI=1S/C17H17N5O/c1-22-16-14(10-20-22)13(17(23)19-8-11-4-5-11)7-15(21-16)12-3-2-6-18-9-12/h2-3,6-7,9-11H,4-5,8H2,1H3,(H,19,23). The predicted octanol–water partition coefficient (Wildman–Crippen LogP) is 2.17. The smallest absolute Gasteiger partial charge is 0.252 e. The molecule has 3 heterocycles. The fraction of sp³-hybridized carbons (Fsp3) is 0.294. The van der Waals surface area contributed by atoms with Crippen LogP contribution in [0.4, 0.5) is 0 Å². The Hall–Kier alpha value is -2.76. The number of hydrogen-bond donors (Lipinski definition) is 1. The van der Waals surface area contributed by atoms with Gasteiger partial charge in [-0.1, -0.05) is 0 Å². The molecule has 0 aliphatic heterocycles. The van der Waals surface area contributed by atoms with Gasteiger partial charge in [0, 0.05) is 31.5 Å². The van der Waals surface area contributed by atoms with Crippen LogP contribution in [0.5, 0.6) is 0 Å². The highest BCUT2D eigenvalue weighted by molar-refractivity contribution is 6.06. The Morgan fingerprint density at radius 2 is 2.26 bits per heavy atom. The number of fused-ring (bicyclic) bond motifs is 1. The number of rotatable bonds is 4. The van der Waals surface area contributed by atoms with E-state index < -0.39 is 0 Å². The Morgan fingerprint density at radius 3 is 3.00 bits per heavy atom. The normalized spacial score (nSPS) is 14.1. The number of hydrogen-bond acceptors (Lipinski definition) is 4. The minimum Gasteiger partial charge on any atom is -0.352 e. The average molecular weight is 307 g/mol. The number of aromatic nitrogens is 4. The fourth-order valence-corrected chi connectivity index (χ4v) is 2.62. The van der Waals surface area contributed by atoms with Crippen molar-refractivity contribution in [3.8, 4) is 11.3 Å². The largest absolute Gasteiger partial charge is 0.352 e. The summed E-state index contributed by atoms with van der Waals surface area (Å²) in [5.41, 5.74) is 2.92. The zero-order valence-corrected chi connectivity index (χ0v) is 12.9. The molecule has 0 saturated heterocycles. The second kappa shape index (κ2) is 5.46. The van der Waals surface area contributed by atoms with Crippen LogP contribution < -0.4 is 5.32 Å². The zero-order chi connectivity index (χ0) is 15.8. The third-order valence-electron chi connectivity index (χ3n) is 4.16. The van der Waals surface area contributed by atoms with E-state index in [0.29, 0.717) is 17.1 Å². The van der Waals surface area contributed by atoms with Gasteiger partial charge in [0.15, 0.2) is 5.65 Å². The first kappa shape index (κ1) is 13.9. The van der Waals surface area contributed by atoms with Crippen molar-refractivity contribution in [2.45, 2.75) is 12.8 Å². The second-order valence-corrected chi connectivity index (χ2v) is 5.96. The third kappa shape index (κ3) is 2.67. The highest BCUT2D eigenvalue weighted by atomic mass is 16.1. The summed E-state index contributed by atoms with van der Waals surface area (Å²) in [6.07, 6.45) is 7.58. The molecule has 1 N–H and O–H groups in total. The summed E-state index contributed by atoms with van der Waals surface area (Å²) in [6, 6.07) is 5.62. The van der Waals surface area contributed by atoms with E-state index in [0.717, 1.165) is 23.2 Å². The molecule has 1 aliphatic carbocycles. The van der Waals surface area contributed by atoms with Crippen molar-refractivity contribution in [3.05, 3.63) is 42.4 Å². The molecule has 3 aromatic rings. The maximum Gasteiger partial charge on any atom is 0.252 e. The van der Waals surface area contributed by atoms with Gasteiger partial charge < -0.3 is 5.32 Å². The Bertz CT molecular complexity index is 867. The van der Waals surface area contributed by atoms with Gasteiger partial charge >= 0.3 is 0 Å². The van der Waals surface area contributed by atoms with Crippen LogP contribution in [0, 0.1) is 5.92 Å². The van der Waals surface area contributed by atoms with Crippen molar-refractivity contribution in [1.29, 1.82) is 0 Å². The molecule has 0 aromatic carbocycles. The molecule has 0 spiro atoms. The molecule has 23 heavy (non-hydrogen) atoms. The van der Waals surface area contributed by atoms with E-state index in [1.54, 1.807) is 23.3 Å². The van der Waals surface area contributed by atoms with Gasteiger partial charge in [-0.05, 0) is 37.0 Å². The quantitative estimate of drug-likeness (QED) is 0.802. The first-order chi connectivity index (χ1) is 11.2. The summed E-state index contributed by atoms with van der Waals surface area (Å²) in [5, 5.41) is 8.03. The number of nitrogens with zero attached hydrogens (tertiary/aromatic N) is 4. The molecule has 6 nitrogen and oxygen atoms in total. The Balaban J connectivity index is 1.79. The first-order valence-electron chi connectivity index (χ1n) is 7.74. The molecule has 0 unspecified atom stereocenters. The lowest BCUT2D eigenvalue weighted by atomic mass is 10.1. The van der Waals surface area contributed by atoms with Crippen molar-refractivity contribution in [2.24, 2.45) is 13.0 Å². The lowest BCUT2D eigenvalue weighted by Crippen LogP contribution is -2.25. The monoisotopic (exact) mass is 307 g/mol. The number of amides is 1. The summed E-state index contributed by atoms with van der Waals surface area (Å²) in [5.74, 6) is 0.574. The minimum absolute atomic E-state index is 0.0672. The van der Waals surface area contributed by atoms with Crippen LogP contribution in [-0.4, -0.2) is 32.2 Å². The molecule has 1 aliphatic rings. The average Bonchev–Trinajstić information content (AvgIpc) is 3.35. The SMILES string of the molecule is Cn1ncc2c(C(=O)NCC3CC3)cc(-c3cccnc3)nc21. The van der Waals surface area contributed by atoms with Crippen LogP contribution in [-0.2, 0) is 7.05 Å². The van der Waals surface area contributed by atoms with Crippen molar-refractivity contribution < 1.29 is 4.79 Å². The maximum absolute atomic E-state index is 12.6. The Kier molecular flexibility index (Phi) is 3.29. The fourth-order valence-electron chi connectivity index (χ4n) is 2.62. The van der Waals surface area contributed by atoms with Gasteiger partial charge in [-0.3, -0.25) is 14.5 Å². The predicted molar refractivity (Wildman–Crippen MR) is 86.8 cm³/mol. The Labute approximate surface area is 133 Å². The van der Waals surface area contributed by atoms with Gasteiger partial charge in [0.05, 0.1) is 22.8 Å². The van der Waals surface area contributed by atoms with Crippen molar-refractivity contribution in [3.63, 3.8) is 0 Å². The summed E-state index contributed by atoms with van der Waals surface area (Å²) < 4.78 is 1.69. The van der Waals surface area contributed by atoms with Crippen molar-refractivity contribution in [1.82, 2.24) is 25.1 Å². The molecule has 1 fully saturated rings. The van der Waals surface area contributed by atoms with Crippen LogP contribution in [0.3, 0.4) is 0 Å². The van der Waals surface area contributed by atoms with E-state index in [-0.39, 0.29) is 5.91 Å². The zero-order valence-electron chi connectivity index (χ0n) is 12.9. The molecule has 116 valence electrons. The molecule has 1 amide bonds. The molecular formula is C17H17N5O. The van der Waals surface area contributed by atoms with Gasteiger partial charge in [0.1, 0.15) is 0 Å². The summed E-state index contributed by atoms with van der Waals surface area (Å²) in [4.78, 5) is 21.4. The van der Waals surface area contributed by atoms with E-state index in [9.17, 15) is 4.79 Å². The molecule has 0 atom stereocenters. The van der Waals surface area contributed by atoms with Crippen LogP contribution in [0.25, 0.3) is 22.3 Å². The number of aryl methyl sites for hydroxylation is 1. The van der Waals surface area contributed by atoms with Crippen molar-refractivity contribution in [2.75, 3.05) is 6.54 Å². The molecule has 0 radical (unpaired) electrons. The van der Waals surface area contributed by atoms with E-state index >= 15 is 0 Å². The third-order valence-corrected chi connectivity index (χ3v) is 4.16. The van der Waals surface area contributed by atoms with Gasteiger partial charge in [-0.25, -0.2) is 4.98 Å². The lowest BCUT2D eigenvalue weighted by Gasteiger charge is -2.08. The van der Waals surface area contributed by atoms with E-state index in [2.05, 4.69) is 20.4 Å². The van der Waals surface area contributed by atoms with E-state index in [4.69, 9.17) is 0 Å². The molecule has 6 heteroatoms. The summed E-state index contributed by atoms with van der Waals surface area (Å²) >= 11 is 0. The Morgan fingerprint density at radius 1 is 1.39 bits per heavy atom.